The van der Waals surface area contributed by atoms with E-state index >= 15 is 0 Å². The van der Waals surface area contributed by atoms with Crippen LogP contribution in [-0.4, -0.2) is 20.1 Å². The molecule has 90 valence electrons. The molecule has 0 saturated carbocycles. The molecule has 0 spiro atoms. The lowest BCUT2D eigenvalue weighted by Gasteiger charge is -2.09. The van der Waals surface area contributed by atoms with Crippen molar-refractivity contribution >= 4 is 54.8 Å². The second-order valence-corrected chi connectivity index (χ2v) is 6.60. The molecule has 1 aromatic carbocycles. The van der Waals surface area contributed by atoms with Gasteiger partial charge in [-0.05, 0) is 40.5 Å². The van der Waals surface area contributed by atoms with Gasteiger partial charge in [-0.2, -0.15) is 0 Å². The fourth-order valence-electron chi connectivity index (χ4n) is 1.04. The third-order valence-corrected chi connectivity index (χ3v) is 4.29. The molecule has 1 N–H and O–H groups in total. The third kappa shape index (κ3) is 4.49. The van der Waals surface area contributed by atoms with E-state index in [4.69, 9.17) is 23.2 Å². The Morgan fingerprint density at radius 3 is 2.69 bits per heavy atom. The van der Waals surface area contributed by atoms with Gasteiger partial charge in [-0.3, -0.25) is 4.72 Å². The first-order chi connectivity index (χ1) is 7.44. The van der Waals surface area contributed by atoms with Crippen LogP contribution in [0.2, 0.25) is 5.02 Å². The summed E-state index contributed by atoms with van der Waals surface area (Å²) in [4.78, 5) is 0. The Hall–Kier alpha value is 0.0300. The van der Waals surface area contributed by atoms with Gasteiger partial charge in [-0.25, -0.2) is 8.42 Å². The zero-order valence-electron chi connectivity index (χ0n) is 8.21. The van der Waals surface area contributed by atoms with Crippen molar-refractivity contribution in [1.82, 2.24) is 0 Å². The average Bonchev–Trinajstić information content (AvgIpc) is 2.20. The summed E-state index contributed by atoms with van der Waals surface area (Å²) in [7, 11) is -3.36. The van der Waals surface area contributed by atoms with Gasteiger partial charge in [0.2, 0.25) is 10.0 Å². The predicted octanol–water partition coefficient (Wildman–Crippen LogP) is 3.47. The van der Waals surface area contributed by atoms with Gasteiger partial charge >= 0.3 is 0 Å². The lowest BCUT2D eigenvalue weighted by Crippen LogP contribution is -2.17. The second kappa shape index (κ2) is 6.10. The molecule has 3 nitrogen and oxygen atoms in total. The van der Waals surface area contributed by atoms with Crippen LogP contribution < -0.4 is 4.72 Å². The first kappa shape index (κ1) is 14.1. The third-order valence-electron chi connectivity index (χ3n) is 1.74. The fourth-order valence-corrected chi connectivity index (χ4v) is 3.11. The molecule has 0 aliphatic rings. The highest BCUT2D eigenvalue weighted by atomic mass is 79.9. The number of sulfonamides is 1. The van der Waals surface area contributed by atoms with Gasteiger partial charge in [-0.1, -0.05) is 11.6 Å². The molecule has 0 bridgehead atoms. The summed E-state index contributed by atoms with van der Waals surface area (Å²) in [5.41, 5.74) is 0.432. The summed E-state index contributed by atoms with van der Waals surface area (Å²) < 4.78 is 26.3. The van der Waals surface area contributed by atoms with Gasteiger partial charge in [0.05, 0.1) is 11.4 Å². The van der Waals surface area contributed by atoms with Crippen LogP contribution in [0, 0.1) is 0 Å². The quantitative estimate of drug-likeness (QED) is 0.829. The number of hydrogen-bond donors (Lipinski definition) is 1. The van der Waals surface area contributed by atoms with Crippen molar-refractivity contribution in [2.75, 3.05) is 16.4 Å². The lowest BCUT2D eigenvalue weighted by molar-refractivity contribution is 0.600. The molecule has 0 aromatic heterocycles. The van der Waals surface area contributed by atoms with Crippen LogP contribution >= 0.6 is 39.1 Å². The van der Waals surface area contributed by atoms with Gasteiger partial charge in [0, 0.05) is 15.4 Å². The van der Waals surface area contributed by atoms with E-state index in [-0.39, 0.29) is 5.75 Å². The van der Waals surface area contributed by atoms with Crippen LogP contribution in [0.25, 0.3) is 0 Å². The van der Waals surface area contributed by atoms with Gasteiger partial charge in [0.1, 0.15) is 0 Å². The molecule has 0 saturated heterocycles. The molecule has 1 aromatic rings. The molecule has 16 heavy (non-hydrogen) atoms. The molecule has 0 unspecified atom stereocenters. The molecule has 0 atom stereocenters. The van der Waals surface area contributed by atoms with Crippen molar-refractivity contribution in [2.24, 2.45) is 0 Å². The minimum atomic E-state index is -3.36. The molecule has 0 aliphatic heterocycles. The number of benzene rings is 1. The number of rotatable bonds is 5. The summed E-state index contributed by atoms with van der Waals surface area (Å²) in [6, 6.07) is 4.90. The maximum absolute atomic E-state index is 11.6. The van der Waals surface area contributed by atoms with Crippen molar-refractivity contribution in [1.29, 1.82) is 0 Å². The molecule has 0 radical (unpaired) electrons. The van der Waals surface area contributed by atoms with Crippen molar-refractivity contribution in [2.45, 2.75) is 6.42 Å². The Kier molecular flexibility index (Phi) is 5.37. The summed E-state index contributed by atoms with van der Waals surface area (Å²) in [6.45, 7) is 0. The lowest BCUT2D eigenvalue weighted by atomic mass is 10.3. The molecule has 7 heteroatoms. The minimum Gasteiger partial charge on any atom is -0.282 e. The molecule has 0 heterocycles. The molecule has 0 fully saturated rings. The monoisotopic (exact) mass is 345 g/mol. The smallest absolute Gasteiger partial charge is 0.232 e. The minimum absolute atomic E-state index is 0.00451. The summed E-state index contributed by atoms with van der Waals surface area (Å²) >= 11 is 14.5. The number of hydrogen-bond acceptors (Lipinski definition) is 2. The van der Waals surface area contributed by atoms with E-state index in [1.54, 1.807) is 18.2 Å². The van der Waals surface area contributed by atoms with E-state index in [9.17, 15) is 8.42 Å². The molecular formula is C9H10BrCl2NO2S. The zero-order valence-corrected chi connectivity index (χ0v) is 12.1. The maximum Gasteiger partial charge on any atom is 0.232 e. The Bertz CT molecular complexity index is 465. The highest BCUT2D eigenvalue weighted by Gasteiger charge is 2.11. The molecule has 0 amide bonds. The topological polar surface area (TPSA) is 46.2 Å². The van der Waals surface area contributed by atoms with Crippen molar-refractivity contribution in [3.8, 4) is 0 Å². The highest BCUT2D eigenvalue weighted by molar-refractivity contribution is 9.10. The van der Waals surface area contributed by atoms with E-state index in [1.807, 2.05) is 0 Å². The van der Waals surface area contributed by atoms with Crippen LogP contribution in [0.15, 0.2) is 22.7 Å². The van der Waals surface area contributed by atoms with E-state index in [0.29, 0.717) is 27.5 Å². The summed E-state index contributed by atoms with van der Waals surface area (Å²) in [5, 5.41) is 0.471. The Balaban J connectivity index is 2.83. The molecule has 0 aliphatic carbocycles. The second-order valence-electron chi connectivity index (χ2n) is 3.09. The van der Waals surface area contributed by atoms with E-state index in [1.165, 1.54) is 0 Å². The Morgan fingerprint density at radius 2 is 2.06 bits per heavy atom. The maximum atomic E-state index is 11.6. The molecule has 1 rings (SSSR count). The van der Waals surface area contributed by atoms with Crippen LogP contribution in [0.3, 0.4) is 0 Å². The van der Waals surface area contributed by atoms with Crippen molar-refractivity contribution in [3.63, 3.8) is 0 Å². The normalized spacial score (nSPS) is 11.4. The summed E-state index contributed by atoms with van der Waals surface area (Å²) in [5.74, 6) is 0.313. The SMILES string of the molecule is O=S(=O)(CCCCl)Nc1cc(Cl)ccc1Br. The number of nitrogens with one attached hydrogen (secondary N) is 1. The first-order valence-electron chi connectivity index (χ1n) is 4.46. The first-order valence-corrected chi connectivity index (χ1v) is 7.82. The van der Waals surface area contributed by atoms with Gasteiger partial charge in [-0.15, -0.1) is 11.6 Å². The van der Waals surface area contributed by atoms with Crippen LogP contribution in [0.4, 0.5) is 5.69 Å². The predicted molar refractivity (Wildman–Crippen MR) is 71.9 cm³/mol. The zero-order chi connectivity index (χ0) is 12.2. The fraction of sp³-hybridized carbons (Fsp3) is 0.333. The van der Waals surface area contributed by atoms with E-state index in [2.05, 4.69) is 20.7 Å². The largest absolute Gasteiger partial charge is 0.282 e. The number of anilines is 1. The van der Waals surface area contributed by atoms with Gasteiger partial charge < -0.3 is 0 Å². The molecular weight excluding hydrogens is 337 g/mol. The Morgan fingerprint density at radius 1 is 1.38 bits per heavy atom. The van der Waals surface area contributed by atoms with Gasteiger partial charge in [0.15, 0.2) is 0 Å². The summed E-state index contributed by atoms with van der Waals surface area (Å²) in [6.07, 6.45) is 0.412. The van der Waals surface area contributed by atoms with Crippen molar-refractivity contribution < 1.29 is 8.42 Å². The van der Waals surface area contributed by atoms with Gasteiger partial charge in [0.25, 0.3) is 0 Å². The van der Waals surface area contributed by atoms with E-state index in [0.717, 1.165) is 0 Å². The number of halogens is 3. The van der Waals surface area contributed by atoms with Crippen LogP contribution in [0.1, 0.15) is 6.42 Å². The van der Waals surface area contributed by atoms with Crippen LogP contribution in [-0.2, 0) is 10.0 Å². The van der Waals surface area contributed by atoms with Crippen molar-refractivity contribution in [3.05, 3.63) is 27.7 Å². The van der Waals surface area contributed by atoms with E-state index < -0.39 is 10.0 Å². The average molecular weight is 347 g/mol. The Labute approximate surface area is 113 Å². The van der Waals surface area contributed by atoms with Crippen LogP contribution in [0.5, 0.6) is 0 Å². The standard InChI is InChI=1S/C9H10BrCl2NO2S/c10-8-3-2-7(12)6-9(8)13-16(14,15)5-1-4-11/h2-3,6,13H,1,4-5H2. The number of alkyl halides is 1. The highest BCUT2D eigenvalue weighted by Crippen LogP contribution is 2.26.